The highest BCUT2D eigenvalue weighted by Crippen LogP contribution is 2.22. The molecule has 0 amide bonds. The van der Waals surface area contributed by atoms with Gasteiger partial charge in [-0.1, -0.05) is 91.0 Å². The molecule has 4 rings (SSSR count). The number of allylic oxidation sites excluding steroid dienone is 3. The monoisotopic (exact) mass is 391 g/mol. The van der Waals surface area contributed by atoms with E-state index in [0.717, 1.165) is 34.9 Å². The van der Waals surface area contributed by atoms with E-state index < -0.39 is 0 Å². The van der Waals surface area contributed by atoms with Gasteiger partial charge in [-0.25, -0.2) is 9.98 Å². The number of aliphatic imine (C=N–C) groups is 2. The number of nitrogens with zero attached hydrogens (tertiary/aromatic N) is 2. The number of aryl methyl sites for hydroxylation is 1. The molecule has 0 saturated carbocycles. The maximum absolute atomic E-state index is 6.33. The van der Waals surface area contributed by atoms with E-state index in [1.165, 1.54) is 10.9 Å². The third kappa shape index (κ3) is 4.47. The van der Waals surface area contributed by atoms with Crippen molar-refractivity contribution >= 4 is 22.4 Å². The molecule has 0 unspecified atom stereocenters. The van der Waals surface area contributed by atoms with Crippen molar-refractivity contribution in [1.82, 2.24) is 0 Å². The van der Waals surface area contributed by atoms with Crippen LogP contribution < -0.4 is 5.73 Å². The summed E-state index contributed by atoms with van der Waals surface area (Å²) in [6.07, 6.45) is 8.43. The van der Waals surface area contributed by atoms with Crippen molar-refractivity contribution in [3.63, 3.8) is 0 Å². The van der Waals surface area contributed by atoms with Crippen molar-refractivity contribution in [1.29, 1.82) is 0 Å². The average Bonchev–Trinajstić information content (AvgIpc) is 2.79. The minimum atomic E-state index is 0.430. The Balaban J connectivity index is 1.80. The van der Waals surface area contributed by atoms with Crippen molar-refractivity contribution in [2.75, 3.05) is 0 Å². The molecule has 3 aromatic rings. The number of nitrogens with two attached hydrogens (primary N) is 1. The third-order valence-corrected chi connectivity index (χ3v) is 5.12. The zero-order valence-corrected chi connectivity index (χ0v) is 17.2. The SMILES string of the molecule is C=C(N=C(N=C(N)c1ccccc1)c1ccc2cc(C)ccc2c1)C1=CCCC=C1. The molecule has 0 spiro atoms. The molecule has 0 saturated heterocycles. The number of rotatable bonds is 4. The minimum Gasteiger partial charge on any atom is -0.383 e. The van der Waals surface area contributed by atoms with Crippen molar-refractivity contribution in [2.45, 2.75) is 19.8 Å². The topological polar surface area (TPSA) is 50.7 Å². The van der Waals surface area contributed by atoms with E-state index in [4.69, 9.17) is 15.7 Å². The van der Waals surface area contributed by atoms with E-state index in [0.29, 0.717) is 17.4 Å². The molecule has 0 heterocycles. The fourth-order valence-corrected chi connectivity index (χ4v) is 3.47. The highest BCUT2D eigenvalue weighted by molar-refractivity contribution is 6.12. The second kappa shape index (κ2) is 8.75. The van der Waals surface area contributed by atoms with E-state index in [9.17, 15) is 0 Å². The van der Waals surface area contributed by atoms with Gasteiger partial charge in [-0.2, -0.15) is 0 Å². The van der Waals surface area contributed by atoms with E-state index in [2.05, 4.69) is 62.1 Å². The second-order valence-corrected chi connectivity index (χ2v) is 7.45. The number of hydrogen-bond donors (Lipinski definition) is 1. The zero-order valence-electron chi connectivity index (χ0n) is 17.2. The van der Waals surface area contributed by atoms with Gasteiger partial charge in [0.1, 0.15) is 5.84 Å². The summed E-state index contributed by atoms with van der Waals surface area (Å²) < 4.78 is 0. The van der Waals surface area contributed by atoms with Gasteiger partial charge in [0.2, 0.25) is 0 Å². The van der Waals surface area contributed by atoms with Crippen LogP contribution in [0.25, 0.3) is 10.8 Å². The highest BCUT2D eigenvalue weighted by Gasteiger charge is 2.09. The predicted octanol–water partition coefficient (Wildman–Crippen LogP) is 6.09. The van der Waals surface area contributed by atoms with Crippen LogP contribution in [-0.2, 0) is 0 Å². The Bertz CT molecular complexity index is 1210. The molecule has 0 bridgehead atoms. The summed E-state index contributed by atoms with van der Waals surface area (Å²) in [6, 6.07) is 22.4. The Morgan fingerprint density at radius 2 is 1.63 bits per heavy atom. The molecule has 3 aromatic carbocycles. The van der Waals surface area contributed by atoms with Gasteiger partial charge in [0.25, 0.3) is 0 Å². The van der Waals surface area contributed by atoms with Gasteiger partial charge >= 0.3 is 0 Å². The number of hydrogen-bond acceptors (Lipinski definition) is 1. The molecule has 3 heteroatoms. The number of benzene rings is 3. The molecule has 0 fully saturated rings. The lowest BCUT2D eigenvalue weighted by atomic mass is 10.0. The van der Waals surface area contributed by atoms with Crippen molar-refractivity contribution in [3.8, 4) is 0 Å². The van der Waals surface area contributed by atoms with Gasteiger partial charge in [-0.3, -0.25) is 0 Å². The first kappa shape index (κ1) is 19.6. The Kier molecular flexibility index (Phi) is 5.71. The summed E-state index contributed by atoms with van der Waals surface area (Å²) in [5.74, 6) is 0.989. The quantitative estimate of drug-likeness (QED) is 0.424. The van der Waals surface area contributed by atoms with Crippen LogP contribution in [0.4, 0.5) is 0 Å². The smallest absolute Gasteiger partial charge is 0.162 e. The Morgan fingerprint density at radius 1 is 0.867 bits per heavy atom. The molecule has 0 aliphatic heterocycles. The van der Waals surface area contributed by atoms with Crippen LogP contribution in [0.1, 0.15) is 29.5 Å². The standard InChI is InChI=1S/C27H25N3/c1-19-13-14-24-18-25(16-15-23(24)17-19)27(29-20(2)21-9-5-3-6-10-21)30-26(28)22-11-7-4-8-12-22/h4-5,7-18H,2-3,6H2,1H3,(H2,28,29,30). The largest absolute Gasteiger partial charge is 0.383 e. The molecule has 30 heavy (non-hydrogen) atoms. The highest BCUT2D eigenvalue weighted by atomic mass is 15.0. The fraction of sp³-hybridized carbons (Fsp3) is 0.111. The van der Waals surface area contributed by atoms with Crippen LogP contribution in [0.15, 0.2) is 113 Å². The predicted molar refractivity (Wildman–Crippen MR) is 128 cm³/mol. The molecular weight excluding hydrogens is 366 g/mol. The Hall–Kier alpha value is -3.72. The van der Waals surface area contributed by atoms with E-state index >= 15 is 0 Å². The van der Waals surface area contributed by atoms with Gasteiger partial charge < -0.3 is 5.73 Å². The van der Waals surface area contributed by atoms with E-state index in [-0.39, 0.29) is 0 Å². The van der Waals surface area contributed by atoms with Gasteiger partial charge in [-0.15, -0.1) is 0 Å². The maximum Gasteiger partial charge on any atom is 0.162 e. The average molecular weight is 392 g/mol. The first-order chi connectivity index (χ1) is 14.6. The molecule has 148 valence electrons. The summed E-state index contributed by atoms with van der Waals surface area (Å²) in [7, 11) is 0. The van der Waals surface area contributed by atoms with Crippen molar-refractivity contribution in [3.05, 3.63) is 119 Å². The summed E-state index contributed by atoms with van der Waals surface area (Å²) in [4.78, 5) is 9.50. The molecule has 1 aliphatic rings. The molecule has 0 atom stereocenters. The summed E-state index contributed by atoms with van der Waals surface area (Å²) in [6.45, 7) is 6.28. The molecule has 2 N–H and O–H groups in total. The maximum atomic E-state index is 6.33. The Morgan fingerprint density at radius 3 is 2.40 bits per heavy atom. The van der Waals surface area contributed by atoms with E-state index in [1.807, 2.05) is 36.4 Å². The van der Waals surface area contributed by atoms with Gasteiger partial charge in [0, 0.05) is 11.1 Å². The van der Waals surface area contributed by atoms with Gasteiger partial charge in [0.05, 0.1) is 5.70 Å². The van der Waals surface area contributed by atoms with Crippen molar-refractivity contribution in [2.24, 2.45) is 15.7 Å². The van der Waals surface area contributed by atoms with Crippen LogP contribution in [0.5, 0.6) is 0 Å². The minimum absolute atomic E-state index is 0.430. The normalized spacial score (nSPS) is 14.6. The lowest BCUT2D eigenvalue weighted by Crippen LogP contribution is -2.16. The first-order valence-corrected chi connectivity index (χ1v) is 10.2. The molecule has 0 aromatic heterocycles. The Labute approximate surface area is 177 Å². The van der Waals surface area contributed by atoms with Gasteiger partial charge in [0.15, 0.2) is 5.84 Å². The third-order valence-electron chi connectivity index (χ3n) is 5.12. The van der Waals surface area contributed by atoms with Crippen LogP contribution in [-0.4, -0.2) is 11.7 Å². The molecular formula is C27H25N3. The van der Waals surface area contributed by atoms with Crippen molar-refractivity contribution < 1.29 is 0 Å². The molecule has 3 nitrogen and oxygen atoms in total. The summed E-state index contributed by atoms with van der Waals surface area (Å²) in [5.41, 5.74) is 11.1. The zero-order chi connectivity index (χ0) is 20.9. The van der Waals surface area contributed by atoms with Crippen LogP contribution in [0.2, 0.25) is 0 Å². The summed E-state index contributed by atoms with van der Waals surface area (Å²) in [5, 5.41) is 2.33. The number of fused-ring (bicyclic) bond motifs is 1. The van der Waals surface area contributed by atoms with Crippen LogP contribution in [0.3, 0.4) is 0 Å². The number of amidine groups is 2. The lowest BCUT2D eigenvalue weighted by molar-refractivity contribution is 1.02. The fourth-order valence-electron chi connectivity index (χ4n) is 3.47. The second-order valence-electron chi connectivity index (χ2n) is 7.45. The van der Waals surface area contributed by atoms with E-state index in [1.54, 1.807) is 0 Å². The molecule has 0 radical (unpaired) electrons. The van der Waals surface area contributed by atoms with Gasteiger partial charge in [-0.05, 0) is 42.2 Å². The van der Waals surface area contributed by atoms with Crippen LogP contribution >= 0.6 is 0 Å². The first-order valence-electron chi connectivity index (χ1n) is 10.2. The molecule has 1 aliphatic carbocycles. The summed E-state index contributed by atoms with van der Waals surface area (Å²) >= 11 is 0. The van der Waals surface area contributed by atoms with Crippen LogP contribution in [0, 0.1) is 6.92 Å². The lowest BCUT2D eigenvalue weighted by Gasteiger charge is -2.10.